The van der Waals surface area contributed by atoms with Crippen LogP contribution in [0.25, 0.3) is 0 Å². The quantitative estimate of drug-likeness (QED) is 0.602. The largest absolute Gasteiger partial charge is 0.350 e. The molecule has 13 heteroatoms. The second-order valence-corrected chi connectivity index (χ2v) is 3.60. The lowest BCUT2D eigenvalue weighted by atomic mass is 10.1. The number of ether oxygens (including phenoxy) is 1. The topological polar surface area (TPSA) is 9.23 Å². The van der Waals surface area contributed by atoms with Gasteiger partial charge in [-0.05, 0) is 0 Å². The number of rotatable bonds is 8. The third-order valence-corrected chi connectivity index (χ3v) is 2.09. The van der Waals surface area contributed by atoms with Crippen LogP contribution in [0.4, 0.5) is 52.7 Å². The molecule has 1 nitrogen and oxygen atoms in total. The molecule has 0 bridgehead atoms. The van der Waals surface area contributed by atoms with Gasteiger partial charge < -0.3 is 4.74 Å². The molecule has 0 radical (unpaired) electrons. The summed E-state index contributed by atoms with van der Waals surface area (Å²) in [5, 5.41) is 0. The second-order valence-electron chi connectivity index (χ2n) is 3.60. The Hall–Kier alpha value is -0.880. The molecular formula is C8H6F12O. The van der Waals surface area contributed by atoms with Crippen LogP contribution < -0.4 is 0 Å². The first kappa shape index (κ1) is 20.1. The van der Waals surface area contributed by atoms with E-state index in [9.17, 15) is 52.7 Å². The third kappa shape index (κ3) is 4.54. The Morgan fingerprint density at radius 1 is 0.524 bits per heavy atom. The van der Waals surface area contributed by atoms with Crippen LogP contribution in [0.15, 0.2) is 0 Å². The van der Waals surface area contributed by atoms with E-state index in [1.165, 1.54) is 0 Å². The first-order valence-corrected chi connectivity index (χ1v) is 4.79. The van der Waals surface area contributed by atoms with Gasteiger partial charge in [0.15, 0.2) is 12.2 Å². The molecule has 128 valence electrons. The molecule has 0 rings (SSSR count). The van der Waals surface area contributed by atoms with Crippen molar-refractivity contribution in [1.82, 2.24) is 0 Å². The van der Waals surface area contributed by atoms with Crippen LogP contribution in [0.5, 0.6) is 0 Å². The Balaban J connectivity index is 5.48. The van der Waals surface area contributed by atoms with Crippen LogP contribution in [0.2, 0.25) is 0 Å². The van der Waals surface area contributed by atoms with Gasteiger partial charge in [-0.25, -0.2) is 35.1 Å². The molecule has 0 amide bonds. The SMILES string of the molecule is FC(F)[C@H](O[C@@H](C(F)F)C(F)(F)C(F)F)C(F)(F)C(F)F. The molecule has 2 atom stereocenters. The minimum atomic E-state index is -5.81. The maximum absolute atomic E-state index is 12.6. The van der Waals surface area contributed by atoms with Gasteiger partial charge in [-0.2, -0.15) is 17.6 Å². The van der Waals surface area contributed by atoms with Crippen molar-refractivity contribution in [3.8, 4) is 0 Å². The molecule has 0 N–H and O–H groups in total. The molecule has 0 aromatic rings. The van der Waals surface area contributed by atoms with Crippen molar-refractivity contribution in [1.29, 1.82) is 0 Å². The summed E-state index contributed by atoms with van der Waals surface area (Å²) in [5.41, 5.74) is 0. The lowest BCUT2D eigenvalue weighted by Gasteiger charge is -2.32. The molecular weight excluding hydrogens is 340 g/mol. The molecule has 0 saturated heterocycles. The molecule has 0 aliphatic rings. The Morgan fingerprint density at radius 3 is 0.905 bits per heavy atom. The normalized spacial score (nSPS) is 17.1. The number of halogens is 12. The highest BCUT2D eigenvalue weighted by molar-refractivity contribution is 4.89. The van der Waals surface area contributed by atoms with E-state index in [-0.39, 0.29) is 0 Å². The summed E-state index contributed by atoms with van der Waals surface area (Å²) in [6.45, 7) is 0. The highest BCUT2D eigenvalue weighted by Crippen LogP contribution is 2.38. The molecule has 21 heavy (non-hydrogen) atoms. The Bertz CT molecular complexity index is 286. The zero-order valence-corrected chi connectivity index (χ0v) is 9.41. The summed E-state index contributed by atoms with van der Waals surface area (Å²) in [6, 6.07) is 0. The fourth-order valence-electron chi connectivity index (χ4n) is 1.04. The smallest absolute Gasteiger partial charge is 0.338 e. The molecule has 0 heterocycles. The van der Waals surface area contributed by atoms with E-state index in [2.05, 4.69) is 4.74 Å². The van der Waals surface area contributed by atoms with Gasteiger partial charge in [0, 0.05) is 0 Å². The first-order valence-electron chi connectivity index (χ1n) is 4.79. The molecule has 0 aromatic heterocycles. The van der Waals surface area contributed by atoms with Crippen molar-refractivity contribution < 1.29 is 57.4 Å². The monoisotopic (exact) mass is 346 g/mol. The third-order valence-electron chi connectivity index (χ3n) is 2.09. The average Bonchev–Trinajstić information content (AvgIpc) is 2.26. The molecule has 0 unspecified atom stereocenters. The van der Waals surface area contributed by atoms with Gasteiger partial charge in [0.1, 0.15) is 0 Å². The summed E-state index contributed by atoms with van der Waals surface area (Å²) >= 11 is 0. The standard InChI is InChI=1S/C8H6F12O/c9-3(10)1(7(17,18)5(13)14)21-2(4(11)12)8(19,20)6(15)16/h1-6H/t1-,2-/m0/s1. The molecule has 0 spiro atoms. The van der Waals surface area contributed by atoms with E-state index in [0.717, 1.165) is 0 Å². The van der Waals surface area contributed by atoms with Crippen LogP contribution in [0.3, 0.4) is 0 Å². The summed E-state index contributed by atoms with van der Waals surface area (Å²) in [6.07, 6.45) is -27.8. The van der Waals surface area contributed by atoms with Gasteiger partial charge in [-0.1, -0.05) is 0 Å². The van der Waals surface area contributed by atoms with Crippen molar-refractivity contribution in [3.63, 3.8) is 0 Å². The van der Waals surface area contributed by atoms with Crippen molar-refractivity contribution in [2.75, 3.05) is 0 Å². The Kier molecular flexibility index (Phi) is 6.63. The summed E-state index contributed by atoms with van der Waals surface area (Å²) in [4.78, 5) is 0. The van der Waals surface area contributed by atoms with Crippen molar-refractivity contribution in [3.05, 3.63) is 0 Å². The molecule has 0 aliphatic carbocycles. The summed E-state index contributed by atoms with van der Waals surface area (Å²) in [7, 11) is 0. The Labute approximate surface area is 108 Å². The van der Waals surface area contributed by atoms with Gasteiger partial charge >= 0.3 is 24.7 Å². The fourth-order valence-corrected chi connectivity index (χ4v) is 1.04. The van der Waals surface area contributed by atoms with Gasteiger partial charge in [-0.15, -0.1) is 0 Å². The van der Waals surface area contributed by atoms with Crippen LogP contribution >= 0.6 is 0 Å². The van der Waals surface area contributed by atoms with Gasteiger partial charge in [-0.3, -0.25) is 0 Å². The lowest BCUT2D eigenvalue weighted by molar-refractivity contribution is -0.307. The fraction of sp³-hybridized carbons (Fsp3) is 1.00. The zero-order valence-electron chi connectivity index (χ0n) is 9.41. The van der Waals surface area contributed by atoms with E-state index >= 15 is 0 Å². The van der Waals surface area contributed by atoms with Crippen LogP contribution in [-0.4, -0.2) is 49.8 Å². The van der Waals surface area contributed by atoms with Crippen molar-refractivity contribution in [2.45, 2.75) is 49.8 Å². The first-order chi connectivity index (χ1) is 9.26. The molecule has 0 aromatic carbocycles. The van der Waals surface area contributed by atoms with Crippen LogP contribution in [-0.2, 0) is 4.74 Å². The van der Waals surface area contributed by atoms with E-state index in [1.54, 1.807) is 0 Å². The van der Waals surface area contributed by atoms with Crippen LogP contribution in [0.1, 0.15) is 0 Å². The van der Waals surface area contributed by atoms with Gasteiger partial charge in [0.05, 0.1) is 0 Å². The van der Waals surface area contributed by atoms with E-state index < -0.39 is 49.8 Å². The number of hydrogen-bond acceptors (Lipinski definition) is 1. The van der Waals surface area contributed by atoms with Gasteiger partial charge in [0.25, 0.3) is 12.9 Å². The van der Waals surface area contributed by atoms with Crippen molar-refractivity contribution >= 4 is 0 Å². The molecule has 0 saturated carbocycles. The van der Waals surface area contributed by atoms with Gasteiger partial charge in [0.2, 0.25) is 0 Å². The highest BCUT2D eigenvalue weighted by atomic mass is 19.3. The minimum Gasteiger partial charge on any atom is -0.350 e. The minimum absolute atomic E-state index is 2.87. The Morgan fingerprint density at radius 2 is 0.762 bits per heavy atom. The van der Waals surface area contributed by atoms with Crippen molar-refractivity contribution in [2.24, 2.45) is 0 Å². The zero-order chi connectivity index (χ0) is 17.2. The number of hydrogen-bond donors (Lipinski definition) is 0. The highest BCUT2D eigenvalue weighted by Gasteiger charge is 2.61. The average molecular weight is 346 g/mol. The van der Waals surface area contributed by atoms with E-state index in [4.69, 9.17) is 0 Å². The van der Waals surface area contributed by atoms with Crippen LogP contribution in [0, 0.1) is 0 Å². The summed E-state index contributed by atoms with van der Waals surface area (Å²) in [5.74, 6) is -11.6. The lowest BCUT2D eigenvalue weighted by Crippen LogP contribution is -2.55. The van der Waals surface area contributed by atoms with E-state index in [0.29, 0.717) is 0 Å². The molecule has 0 aliphatic heterocycles. The number of alkyl halides is 12. The van der Waals surface area contributed by atoms with E-state index in [1.807, 2.05) is 0 Å². The maximum Gasteiger partial charge on any atom is 0.338 e. The summed E-state index contributed by atoms with van der Waals surface area (Å²) < 4.78 is 149. The second kappa shape index (κ2) is 6.92. The maximum atomic E-state index is 12.6. The predicted octanol–water partition coefficient (Wildman–Crippen LogP) is 4.07. The molecule has 0 fully saturated rings. The predicted molar refractivity (Wildman–Crippen MR) is 42.6 cm³/mol.